The van der Waals surface area contributed by atoms with Crippen LogP contribution in [0.4, 0.5) is 5.69 Å². The summed E-state index contributed by atoms with van der Waals surface area (Å²) in [5.41, 5.74) is 2.89. The van der Waals surface area contributed by atoms with Gasteiger partial charge in [-0.2, -0.15) is 0 Å². The fraction of sp³-hybridized carbons (Fsp3) is 0.333. The second-order valence-electron chi connectivity index (χ2n) is 11.5. The molecule has 2 aromatic carbocycles. The number of carbonyl (C=O) groups is 3. The van der Waals surface area contributed by atoms with E-state index in [1.165, 1.54) is 14.2 Å². The Kier molecular flexibility index (Phi) is 6.14. The standard InChI is InChI=1S/C33H31N3O8/c1-16-14-33-22-12-19(20-8-10-24-25(13-20)43-15-42-24)7-9-23(22)35(4)28(33)26(30(38)40-5)27(31(39)41-6)34-32(33)36(16)29(37)21-11-17(2)44-18(21)3/h7-13,16,28H,14-15H2,1-6H3/t16-,28?,33+/m1/s1. The number of amidine groups is 1. The van der Waals surface area contributed by atoms with Crippen LogP contribution < -0.4 is 14.4 Å². The zero-order chi connectivity index (χ0) is 31.1. The van der Waals surface area contributed by atoms with Crippen molar-refractivity contribution in [3.8, 4) is 22.6 Å². The summed E-state index contributed by atoms with van der Waals surface area (Å²) < 4.78 is 27.1. The van der Waals surface area contributed by atoms with Gasteiger partial charge in [0, 0.05) is 18.8 Å². The molecule has 1 amide bonds. The lowest BCUT2D eigenvalue weighted by Gasteiger charge is -2.39. The Labute approximate surface area is 253 Å². The first-order valence-corrected chi connectivity index (χ1v) is 14.3. The average molecular weight is 598 g/mol. The van der Waals surface area contributed by atoms with Gasteiger partial charge < -0.3 is 28.3 Å². The number of furan rings is 1. The predicted molar refractivity (Wildman–Crippen MR) is 159 cm³/mol. The number of nitrogens with zero attached hydrogens (tertiary/aromatic N) is 3. The Morgan fingerprint density at radius 2 is 1.66 bits per heavy atom. The van der Waals surface area contributed by atoms with Crippen LogP contribution >= 0.6 is 0 Å². The summed E-state index contributed by atoms with van der Waals surface area (Å²) in [7, 11) is 4.37. The monoisotopic (exact) mass is 597 g/mol. The number of methoxy groups -OCH3 is 2. The van der Waals surface area contributed by atoms with Crippen LogP contribution in [0.3, 0.4) is 0 Å². The highest BCUT2D eigenvalue weighted by molar-refractivity contribution is 6.18. The summed E-state index contributed by atoms with van der Waals surface area (Å²) in [6.45, 7) is 5.64. The van der Waals surface area contributed by atoms with Gasteiger partial charge in [-0.15, -0.1) is 0 Å². The van der Waals surface area contributed by atoms with Crippen molar-refractivity contribution in [2.75, 3.05) is 33.0 Å². The number of benzene rings is 2. The summed E-state index contributed by atoms with van der Waals surface area (Å²) in [6.07, 6.45) is 0.439. The van der Waals surface area contributed by atoms with Crippen molar-refractivity contribution in [3.05, 3.63) is 76.4 Å². The molecule has 5 heterocycles. The SMILES string of the molecule is COC(=O)C1=C(C(=O)OC)C2N(C)c3ccc(-c4ccc5c(c4)OCO5)cc3[C@@]23C[C@@H](C)N(C(=O)c2cc(C)oc2C)C3=N1. The van der Waals surface area contributed by atoms with Crippen LogP contribution in [0.25, 0.3) is 11.1 Å². The molecule has 11 heteroatoms. The highest BCUT2D eigenvalue weighted by atomic mass is 16.7. The molecule has 1 saturated heterocycles. The topological polar surface area (TPSA) is 120 Å². The van der Waals surface area contributed by atoms with Gasteiger partial charge in [0.15, 0.2) is 17.2 Å². The molecule has 1 aromatic heterocycles. The number of likely N-dealkylation sites (N-methyl/N-ethyl adjacent to an activating group) is 1. The lowest BCUT2D eigenvalue weighted by Crippen LogP contribution is -2.55. The van der Waals surface area contributed by atoms with Crippen LogP contribution in [0.1, 0.15) is 40.8 Å². The summed E-state index contributed by atoms with van der Waals surface area (Å²) in [6, 6.07) is 12.5. The molecule has 44 heavy (non-hydrogen) atoms. The van der Waals surface area contributed by atoms with E-state index in [0.29, 0.717) is 40.8 Å². The van der Waals surface area contributed by atoms with E-state index in [1.54, 1.807) is 24.8 Å². The molecule has 1 fully saturated rings. The number of aryl methyl sites for hydroxylation is 2. The van der Waals surface area contributed by atoms with Gasteiger partial charge >= 0.3 is 11.9 Å². The Hall–Kier alpha value is -5.06. The number of aliphatic imine (C=N–C) groups is 1. The molecule has 1 unspecified atom stereocenters. The molecule has 3 aromatic rings. The van der Waals surface area contributed by atoms with E-state index >= 15 is 0 Å². The average Bonchev–Trinajstić information content (AvgIpc) is 3.76. The normalized spacial score (nSPS) is 22.8. The summed E-state index contributed by atoms with van der Waals surface area (Å²) >= 11 is 0. The maximum Gasteiger partial charge on any atom is 0.357 e. The van der Waals surface area contributed by atoms with Crippen molar-refractivity contribution in [2.45, 2.75) is 44.7 Å². The largest absolute Gasteiger partial charge is 0.466 e. The van der Waals surface area contributed by atoms with Crippen molar-refractivity contribution in [1.29, 1.82) is 0 Å². The van der Waals surface area contributed by atoms with E-state index in [4.69, 9.17) is 28.4 Å². The van der Waals surface area contributed by atoms with Gasteiger partial charge in [-0.3, -0.25) is 9.69 Å². The third kappa shape index (κ3) is 3.68. The second-order valence-corrected chi connectivity index (χ2v) is 11.5. The highest BCUT2D eigenvalue weighted by Gasteiger charge is 2.65. The molecular weight excluding hydrogens is 566 g/mol. The van der Waals surface area contributed by atoms with Crippen LogP contribution in [-0.2, 0) is 24.5 Å². The van der Waals surface area contributed by atoms with E-state index < -0.39 is 23.4 Å². The molecule has 11 nitrogen and oxygen atoms in total. The number of hydrogen-bond acceptors (Lipinski definition) is 10. The maximum absolute atomic E-state index is 14.3. The third-order valence-corrected chi connectivity index (χ3v) is 9.12. The number of anilines is 1. The lowest BCUT2D eigenvalue weighted by molar-refractivity contribution is -0.139. The smallest absolute Gasteiger partial charge is 0.357 e. The Morgan fingerprint density at radius 1 is 0.955 bits per heavy atom. The van der Waals surface area contributed by atoms with Gasteiger partial charge in [-0.25, -0.2) is 14.6 Å². The molecule has 0 aliphatic carbocycles. The number of carbonyl (C=O) groups excluding carboxylic acids is 3. The molecule has 226 valence electrons. The molecule has 0 bridgehead atoms. The summed E-state index contributed by atoms with van der Waals surface area (Å²) in [4.78, 5) is 49.4. The zero-order valence-corrected chi connectivity index (χ0v) is 25.2. The van der Waals surface area contributed by atoms with Crippen LogP contribution in [0.5, 0.6) is 11.5 Å². The number of ether oxygens (including phenoxy) is 4. The molecule has 4 aliphatic heterocycles. The number of rotatable bonds is 4. The van der Waals surface area contributed by atoms with Crippen molar-refractivity contribution in [3.63, 3.8) is 0 Å². The Bertz CT molecular complexity index is 1840. The van der Waals surface area contributed by atoms with Crippen LogP contribution in [-0.4, -0.2) is 68.7 Å². The molecule has 7 rings (SSSR count). The van der Waals surface area contributed by atoms with Gasteiger partial charge in [0.25, 0.3) is 5.91 Å². The fourth-order valence-electron chi connectivity index (χ4n) is 7.34. The summed E-state index contributed by atoms with van der Waals surface area (Å²) in [5, 5.41) is 0. The van der Waals surface area contributed by atoms with Gasteiger partial charge in [0.05, 0.1) is 36.8 Å². The second kappa shape index (κ2) is 9.73. The van der Waals surface area contributed by atoms with Crippen molar-refractivity contribution in [1.82, 2.24) is 4.90 Å². The lowest BCUT2D eigenvalue weighted by atomic mass is 9.69. The molecule has 1 spiro atoms. The molecule has 4 aliphatic rings. The van der Waals surface area contributed by atoms with Gasteiger partial charge in [-0.1, -0.05) is 12.1 Å². The molecule has 0 saturated carbocycles. The van der Waals surface area contributed by atoms with Gasteiger partial charge in [-0.05, 0) is 74.2 Å². The van der Waals surface area contributed by atoms with E-state index in [2.05, 4.69) is 6.07 Å². The first kappa shape index (κ1) is 27.8. The number of hydrogen-bond donors (Lipinski definition) is 0. The maximum atomic E-state index is 14.3. The minimum Gasteiger partial charge on any atom is -0.466 e. The van der Waals surface area contributed by atoms with E-state index in [9.17, 15) is 14.4 Å². The minimum atomic E-state index is -0.973. The highest BCUT2D eigenvalue weighted by Crippen LogP contribution is 2.58. The molecular formula is C33H31N3O8. The Morgan fingerprint density at radius 3 is 2.36 bits per heavy atom. The molecule has 0 N–H and O–H groups in total. The van der Waals surface area contributed by atoms with Gasteiger partial charge in [0.2, 0.25) is 6.79 Å². The number of esters is 2. The number of likely N-dealkylation sites (tertiary alicyclic amines) is 1. The van der Waals surface area contributed by atoms with Crippen LogP contribution in [0.15, 0.2) is 63.1 Å². The zero-order valence-electron chi connectivity index (χ0n) is 25.2. The molecule has 0 radical (unpaired) electrons. The first-order valence-electron chi connectivity index (χ1n) is 14.3. The van der Waals surface area contributed by atoms with Crippen LogP contribution in [0.2, 0.25) is 0 Å². The van der Waals surface area contributed by atoms with Crippen molar-refractivity contribution >= 4 is 29.4 Å². The van der Waals surface area contributed by atoms with E-state index in [1.807, 2.05) is 49.2 Å². The Balaban J connectivity index is 1.47. The van der Waals surface area contributed by atoms with Crippen molar-refractivity contribution in [2.24, 2.45) is 4.99 Å². The quantitative estimate of drug-likeness (QED) is 0.406. The van der Waals surface area contributed by atoms with Gasteiger partial charge in [0.1, 0.15) is 17.4 Å². The van der Waals surface area contributed by atoms with Crippen LogP contribution in [0, 0.1) is 13.8 Å². The third-order valence-electron chi connectivity index (χ3n) is 9.12. The molecule has 3 atom stereocenters. The number of fused-ring (bicyclic) bond motifs is 2. The van der Waals surface area contributed by atoms with E-state index in [0.717, 1.165) is 22.4 Å². The van der Waals surface area contributed by atoms with Crippen molar-refractivity contribution < 1.29 is 37.7 Å². The predicted octanol–water partition coefficient (Wildman–Crippen LogP) is 4.30. The number of amides is 1. The fourth-order valence-corrected chi connectivity index (χ4v) is 7.34. The van der Waals surface area contributed by atoms with E-state index in [-0.39, 0.29) is 30.0 Å². The summed E-state index contributed by atoms with van der Waals surface area (Å²) in [5.74, 6) is 1.04. The first-order chi connectivity index (χ1) is 21.1. The minimum absolute atomic E-state index is 0.0864.